The standard InChI is InChI=1S/C14H14N.Ir/c1-10-5-4-6-13(8-10)14-9-11(2)7-12(3)15-14;/h4-5,7-9H,1-3H3;/q-1;. The van der Waals surface area contributed by atoms with Gasteiger partial charge in [-0.25, -0.2) is 0 Å². The third-order valence-electron chi connectivity index (χ3n) is 2.33. The molecule has 0 saturated heterocycles. The maximum absolute atomic E-state index is 4.51. The molecule has 1 nitrogen and oxygen atoms in total. The second-order valence-electron chi connectivity index (χ2n) is 3.95. The van der Waals surface area contributed by atoms with Crippen molar-refractivity contribution in [2.45, 2.75) is 20.8 Å². The average Bonchev–Trinajstić information content (AvgIpc) is 2.16. The van der Waals surface area contributed by atoms with Crippen LogP contribution in [0, 0.1) is 26.8 Å². The summed E-state index contributed by atoms with van der Waals surface area (Å²) in [5, 5.41) is 0. The molecular formula is C14H14IrN-. The van der Waals surface area contributed by atoms with Crippen molar-refractivity contribution in [2.75, 3.05) is 0 Å². The van der Waals surface area contributed by atoms with Crippen LogP contribution in [0.4, 0.5) is 0 Å². The smallest absolute Gasteiger partial charge is 0.0268 e. The van der Waals surface area contributed by atoms with Gasteiger partial charge in [0.25, 0.3) is 0 Å². The van der Waals surface area contributed by atoms with Crippen LogP contribution < -0.4 is 0 Å². The molecule has 1 heterocycles. The van der Waals surface area contributed by atoms with Gasteiger partial charge in [-0.15, -0.1) is 35.4 Å². The summed E-state index contributed by atoms with van der Waals surface area (Å²) in [4.78, 5) is 4.51. The molecular weight excluding hydrogens is 374 g/mol. The van der Waals surface area contributed by atoms with Gasteiger partial charge in [-0.2, -0.15) is 0 Å². The number of hydrogen-bond donors (Lipinski definition) is 0. The molecule has 2 aromatic rings. The number of aromatic nitrogens is 1. The number of hydrogen-bond acceptors (Lipinski definition) is 1. The van der Waals surface area contributed by atoms with E-state index < -0.39 is 0 Å². The number of pyridine rings is 1. The normalized spacial score (nSPS) is 9.69. The van der Waals surface area contributed by atoms with Crippen LogP contribution in [0.3, 0.4) is 0 Å². The van der Waals surface area contributed by atoms with Crippen molar-refractivity contribution in [3.05, 3.63) is 53.2 Å². The van der Waals surface area contributed by atoms with Crippen LogP contribution >= 0.6 is 0 Å². The number of benzene rings is 1. The zero-order valence-corrected chi connectivity index (χ0v) is 12.1. The van der Waals surface area contributed by atoms with Gasteiger partial charge in [-0.3, -0.25) is 0 Å². The van der Waals surface area contributed by atoms with E-state index in [2.05, 4.69) is 43.1 Å². The minimum Gasteiger partial charge on any atom is -0.302 e. The number of aryl methyl sites for hydroxylation is 3. The van der Waals surface area contributed by atoms with Gasteiger partial charge in [0.05, 0.1) is 0 Å². The first kappa shape index (κ1) is 13.1. The average molecular weight is 388 g/mol. The van der Waals surface area contributed by atoms with E-state index >= 15 is 0 Å². The third kappa shape index (κ3) is 3.00. The van der Waals surface area contributed by atoms with Crippen LogP contribution in [0.2, 0.25) is 0 Å². The predicted molar refractivity (Wildman–Crippen MR) is 62.7 cm³/mol. The van der Waals surface area contributed by atoms with Crippen molar-refractivity contribution in [1.82, 2.24) is 4.98 Å². The molecule has 2 heteroatoms. The van der Waals surface area contributed by atoms with Crippen LogP contribution in [0.1, 0.15) is 16.8 Å². The van der Waals surface area contributed by atoms with Crippen molar-refractivity contribution in [1.29, 1.82) is 0 Å². The van der Waals surface area contributed by atoms with Crippen LogP contribution in [0.5, 0.6) is 0 Å². The summed E-state index contributed by atoms with van der Waals surface area (Å²) in [5.41, 5.74) is 5.62. The molecule has 2 rings (SSSR count). The van der Waals surface area contributed by atoms with Crippen molar-refractivity contribution in [2.24, 2.45) is 0 Å². The zero-order valence-electron chi connectivity index (χ0n) is 9.67. The molecule has 0 spiro atoms. The van der Waals surface area contributed by atoms with Gasteiger partial charge in [0.1, 0.15) is 0 Å². The van der Waals surface area contributed by atoms with Gasteiger partial charge in [0.15, 0.2) is 0 Å². The molecule has 85 valence electrons. The Hall–Kier alpha value is -0.981. The summed E-state index contributed by atoms with van der Waals surface area (Å²) in [5.74, 6) is 0. The topological polar surface area (TPSA) is 12.9 Å². The molecule has 0 N–H and O–H groups in total. The minimum atomic E-state index is 0. The molecule has 1 radical (unpaired) electrons. The molecule has 16 heavy (non-hydrogen) atoms. The molecule has 0 aliphatic rings. The Balaban J connectivity index is 0.00000128. The Morgan fingerprint density at radius 3 is 2.38 bits per heavy atom. The first-order valence-electron chi connectivity index (χ1n) is 5.09. The van der Waals surface area contributed by atoms with Gasteiger partial charge in [-0.1, -0.05) is 18.6 Å². The van der Waals surface area contributed by atoms with Gasteiger partial charge < -0.3 is 4.98 Å². The summed E-state index contributed by atoms with van der Waals surface area (Å²) >= 11 is 0. The van der Waals surface area contributed by atoms with Gasteiger partial charge in [-0.05, 0) is 25.6 Å². The quantitative estimate of drug-likeness (QED) is 0.682. The minimum absolute atomic E-state index is 0. The molecule has 1 aromatic heterocycles. The van der Waals surface area contributed by atoms with Crippen LogP contribution in [0.25, 0.3) is 11.3 Å². The molecule has 0 unspecified atom stereocenters. The summed E-state index contributed by atoms with van der Waals surface area (Å²) in [6.07, 6.45) is 0. The summed E-state index contributed by atoms with van der Waals surface area (Å²) in [6.45, 7) is 6.19. The fraction of sp³-hybridized carbons (Fsp3) is 0.214. The fourth-order valence-electron chi connectivity index (χ4n) is 1.71. The molecule has 0 atom stereocenters. The molecule has 0 fully saturated rings. The molecule has 1 aromatic carbocycles. The monoisotopic (exact) mass is 389 g/mol. The Labute approximate surface area is 110 Å². The molecule has 0 amide bonds. The maximum atomic E-state index is 4.51. The van der Waals surface area contributed by atoms with Gasteiger partial charge in [0.2, 0.25) is 0 Å². The Morgan fingerprint density at radius 1 is 1.00 bits per heavy atom. The molecule has 0 bridgehead atoms. The predicted octanol–water partition coefficient (Wildman–Crippen LogP) is 3.47. The van der Waals surface area contributed by atoms with E-state index in [-0.39, 0.29) is 20.1 Å². The SMILES string of the molecule is Cc1cc[c-]c(-c2cc(C)cc(C)n2)c1.[Ir]. The van der Waals surface area contributed by atoms with E-state index in [0.29, 0.717) is 0 Å². The number of rotatable bonds is 1. The van der Waals surface area contributed by atoms with E-state index in [4.69, 9.17) is 0 Å². The molecule has 0 aliphatic carbocycles. The molecule has 0 aliphatic heterocycles. The van der Waals surface area contributed by atoms with Gasteiger partial charge in [0, 0.05) is 25.8 Å². The van der Waals surface area contributed by atoms with Crippen molar-refractivity contribution in [3.63, 3.8) is 0 Å². The van der Waals surface area contributed by atoms with E-state index in [1.807, 2.05) is 19.1 Å². The van der Waals surface area contributed by atoms with E-state index in [1.165, 1.54) is 11.1 Å². The van der Waals surface area contributed by atoms with Crippen LogP contribution in [0.15, 0.2) is 30.3 Å². The van der Waals surface area contributed by atoms with E-state index in [9.17, 15) is 0 Å². The van der Waals surface area contributed by atoms with Crippen LogP contribution in [-0.2, 0) is 20.1 Å². The largest absolute Gasteiger partial charge is 0.302 e. The first-order valence-corrected chi connectivity index (χ1v) is 5.09. The van der Waals surface area contributed by atoms with E-state index in [1.54, 1.807) is 0 Å². The Kier molecular flexibility index (Phi) is 4.40. The molecule has 0 saturated carbocycles. The second-order valence-corrected chi connectivity index (χ2v) is 3.95. The first-order chi connectivity index (χ1) is 7.15. The van der Waals surface area contributed by atoms with Crippen molar-refractivity contribution in [3.8, 4) is 11.3 Å². The summed E-state index contributed by atoms with van der Waals surface area (Å²) in [7, 11) is 0. The zero-order chi connectivity index (χ0) is 10.8. The Bertz CT molecular complexity index is 472. The van der Waals surface area contributed by atoms with Crippen LogP contribution in [-0.4, -0.2) is 4.98 Å². The Morgan fingerprint density at radius 2 is 1.75 bits per heavy atom. The van der Waals surface area contributed by atoms with Gasteiger partial charge >= 0.3 is 0 Å². The van der Waals surface area contributed by atoms with E-state index in [0.717, 1.165) is 17.0 Å². The number of nitrogens with zero attached hydrogens (tertiary/aromatic N) is 1. The fourth-order valence-corrected chi connectivity index (χ4v) is 1.71. The van der Waals surface area contributed by atoms with Crippen molar-refractivity contribution >= 4 is 0 Å². The van der Waals surface area contributed by atoms with Crippen molar-refractivity contribution < 1.29 is 20.1 Å². The summed E-state index contributed by atoms with van der Waals surface area (Å²) in [6, 6.07) is 13.5. The summed E-state index contributed by atoms with van der Waals surface area (Å²) < 4.78 is 0. The maximum Gasteiger partial charge on any atom is 0.0268 e. The third-order valence-corrected chi connectivity index (χ3v) is 2.33. The second kappa shape index (κ2) is 5.38.